The van der Waals surface area contributed by atoms with E-state index in [1.807, 2.05) is 19.2 Å². The Morgan fingerprint density at radius 1 is 1.13 bits per heavy atom. The Balaban J connectivity index is 1.57. The molecule has 6 nitrogen and oxygen atoms in total. The molecule has 1 saturated heterocycles. The van der Waals surface area contributed by atoms with Gasteiger partial charge in [0.2, 0.25) is 0 Å². The van der Waals surface area contributed by atoms with E-state index in [0.717, 1.165) is 53.7 Å². The molecule has 1 aliphatic carbocycles. The summed E-state index contributed by atoms with van der Waals surface area (Å²) >= 11 is 7.77. The number of hydrogen-bond donors (Lipinski definition) is 3. The Kier molecular flexibility index (Phi) is 5.17. The zero-order chi connectivity index (χ0) is 21.6. The molecule has 1 spiro atoms. The van der Waals surface area contributed by atoms with Crippen LogP contribution in [0.4, 0.5) is 5.82 Å². The van der Waals surface area contributed by atoms with Gasteiger partial charge in [-0.15, -0.1) is 0 Å². The van der Waals surface area contributed by atoms with Gasteiger partial charge in [-0.2, -0.15) is 0 Å². The van der Waals surface area contributed by atoms with Crippen molar-refractivity contribution in [1.82, 2.24) is 20.3 Å². The minimum absolute atomic E-state index is 0.0550. The van der Waals surface area contributed by atoms with E-state index in [2.05, 4.69) is 34.6 Å². The first-order chi connectivity index (χ1) is 14.9. The van der Waals surface area contributed by atoms with E-state index in [0.29, 0.717) is 10.8 Å². The van der Waals surface area contributed by atoms with Crippen molar-refractivity contribution in [3.8, 4) is 0 Å². The summed E-state index contributed by atoms with van der Waals surface area (Å²) in [6.45, 7) is 3.90. The van der Waals surface area contributed by atoms with Gasteiger partial charge < -0.3 is 16.8 Å². The predicted molar refractivity (Wildman–Crippen MR) is 124 cm³/mol. The van der Waals surface area contributed by atoms with Gasteiger partial charge in [0, 0.05) is 16.5 Å². The van der Waals surface area contributed by atoms with Crippen molar-refractivity contribution in [2.75, 3.05) is 18.8 Å². The highest BCUT2D eigenvalue weighted by Gasteiger charge is 2.57. The second-order valence-corrected chi connectivity index (χ2v) is 9.84. The summed E-state index contributed by atoms with van der Waals surface area (Å²) in [6, 6.07) is 10.4. The predicted octanol–water partition coefficient (Wildman–Crippen LogP) is 3.70. The molecule has 1 atom stereocenters. The quantitative estimate of drug-likeness (QED) is 0.556. The molecule has 1 aromatic carbocycles. The van der Waals surface area contributed by atoms with Crippen molar-refractivity contribution in [3.63, 3.8) is 0 Å². The van der Waals surface area contributed by atoms with Gasteiger partial charge in [0.15, 0.2) is 0 Å². The molecule has 5 rings (SSSR count). The molecule has 0 radical (unpaired) electrons. The summed E-state index contributed by atoms with van der Waals surface area (Å²) in [6.07, 6.45) is 6.50. The summed E-state index contributed by atoms with van der Waals surface area (Å²) in [5, 5.41) is 4.71. The number of nitrogens with two attached hydrogens (primary N) is 2. The fourth-order valence-electron chi connectivity index (χ4n) is 5.12. The fraction of sp³-hybridized carbons (Fsp3) is 0.348. The smallest absolute Gasteiger partial charge is 0.143 e. The molecule has 160 valence electrons. The lowest BCUT2D eigenvalue weighted by Crippen LogP contribution is -2.55. The molecular formula is C23H25ClN6S. The molecule has 3 heterocycles. The number of benzene rings is 1. The number of nitrogens with one attached hydrogen (secondary N) is 1. The summed E-state index contributed by atoms with van der Waals surface area (Å²) in [5.74, 6) is 0.310. The first-order valence-corrected chi connectivity index (χ1v) is 11.6. The normalized spacial score (nSPS) is 21.9. The number of hydrogen-bond acceptors (Lipinski definition) is 7. The van der Waals surface area contributed by atoms with Crippen LogP contribution in [0.25, 0.3) is 0 Å². The van der Waals surface area contributed by atoms with E-state index in [9.17, 15) is 0 Å². The standard InChI is InChI=1S/C23H25ClN6S/c1-14-21(31-17-6-9-28-20(25)19(17)24)29-13-18(30-14)23(26)16-5-3-2-4-15(16)12-22(23)7-10-27-11-8-22/h2-6,9,13,27H,7-8,10-12,26H2,1H3,(H2,25,28)/t23-/m0/s1. The Labute approximate surface area is 191 Å². The largest absolute Gasteiger partial charge is 0.382 e. The monoisotopic (exact) mass is 452 g/mol. The molecular weight excluding hydrogens is 428 g/mol. The van der Waals surface area contributed by atoms with E-state index in [1.165, 1.54) is 22.9 Å². The lowest BCUT2D eigenvalue weighted by molar-refractivity contribution is 0.117. The molecule has 1 fully saturated rings. The fourth-order valence-corrected chi connectivity index (χ4v) is 6.18. The summed E-state index contributed by atoms with van der Waals surface area (Å²) < 4.78 is 0. The third-order valence-electron chi connectivity index (χ3n) is 6.76. The zero-order valence-electron chi connectivity index (χ0n) is 17.4. The maximum Gasteiger partial charge on any atom is 0.143 e. The maximum atomic E-state index is 7.33. The van der Waals surface area contributed by atoms with Crippen molar-refractivity contribution < 1.29 is 0 Å². The summed E-state index contributed by atoms with van der Waals surface area (Å²) in [4.78, 5) is 14.6. The van der Waals surface area contributed by atoms with Crippen LogP contribution in [-0.2, 0) is 12.0 Å². The molecule has 5 N–H and O–H groups in total. The summed E-state index contributed by atoms with van der Waals surface area (Å²) in [7, 11) is 0. The number of aryl methyl sites for hydroxylation is 1. The van der Waals surface area contributed by atoms with Gasteiger partial charge >= 0.3 is 0 Å². The first-order valence-electron chi connectivity index (χ1n) is 10.4. The van der Waals surface area contributed by atoms with Crippen molar-refractivity contribution in [1.29, 1.82) is 0 Å². The number of nitrogen functional groups attached to an aromatic ring is 1. The van der Waals surface area contributed by atoms with Crippen LogP contribution in [0.3, 0.4) is 0 Å². The SMILES string of the molecule is Cc1nc([C@@]2(N)c3ccccc3CC23CCNCC3)cnc1Sc1ccnc(N)c1Cl. The molecule has 2 aliphatic rings. The van der Waals surface area contributed by atoms with Crippen molar-refractivity contribution >= 4 is 29.2 Å². The highest BCUT2D eigenvalue weighted by Crippen LogP contribution is 2.56. The van der Waals surface area contributed by atoms with Gasteiger partial charge in [0.25, 0.3) is 0 Å². The Hall–Kier alpha value is -2.19. The molecule has 3 aromatic rings. The molecule has 2 aromatic heterocycles. The third kappa shape index (κ3) is 3.22. The lowest BCUT2D eigenvalue weighted by Gasteiger charge is -2.46. The van der Waals surface area contributed by atoms with Crippen LogP contribution in [0.2, 0.25) is 5.02 Å². The van der Waals surface area contributed by atoms with Crippen molar-refractivity contribution in [3.05, 3.63) is 70.3 Å². The van der Waals surface area contributed by atoms with Crippen molar-refractivity contribution in [2.45, 2.75) is 41.6 Å². The van der Waals surface area contributed by atoms with Crippen LogP contribution in [-0.4, -0.2) is 28.0 Å². The maximum absolute atomic E-state index is 7.33. The van der Waals surface area contributed by atoms with Crippen molar-refractivity contribution in [2.24, 2.45) is 11.1 Å². The highest BCUT2D eigenvalue weighted by atomic mass is 35.5. The van der Waals surface area contributed by atoms with Gasteiger partial charge in [-0.1, -0.05) is 47.6 Å². The summed E-state index contributed by atoms with van der Waals surface area (Å²) in [5.41, 5.74) is 16.6. The topological polar surface area (TPSA) is 103 Å². The number of nitrogens with zero attached hydrogens (tertiary/aromatic N) is 3. The molecule has 31 heavy (non-hydrogen) atoms. The number of anilines is 1. The number of rotatable bonds is 3. The Morgan fingerprint density at radius 3 is 2.68 bits per heavy atom. The van der Waals surface area contributed by atoms with E-state index in [1.54, 1.807) is 6.20 Å². The molecule has 0 saturated carbocycles. The number of aromatic nitrogens is 3. The minimum atomic E-state index is -0.661. The van der Waals surface area contributed by atoms with Crippen LogP contribution in [0.5, 0.6) is 0 Å². The second kappa shape index (κ2) is 7.74. The number of pyridine rings is 1. The Bertz CT molecular complexity index is 1150. The Morgan fingerprint density at radius 2 is 1.90 bits per heavy atom. The second-order valence-electron chi connectivity index (χ2n) is 8.43. The van der Waals surface area contributed by atoms with Crippen LogP contribution in [0.1, 0.15) is 35.4 Å². The lowest BCUT2D eigenvalue weighted by atomic mass is 9.63. The van der Waals surface area contributed by atoms with E-state index in [4.69, 9.17) is 33.0 Å². The number of fused-ring (bicyclic) bond motifs is 1. The van der Waals surface area contributed by atoms with Crippen LogP contribution in [0.15, 0.2) is 52.6 Å². The van der Waals surface area contributed by atoms with Gasteiger partial charge in [0.05, 0.1) is 28.1 Å². The first kappa shape index (κ1) is 20.7. The zero-order valence-corrected chi connectivity index (χ0v) is 18.9. The minimum Gasteiger partial charge on any atom is -0.382 e. The molecule has 0 amide bonds. The average molecular weight is 453 g/mol. The molecule has 8 heteroatoms. The highest BCUT2D eigenvalue weighted by molar-refractivity contribution is 7.99. The molecule has 0 unspecified atom stereocenters. The van der Waals surface area contributed by atoms with Crippen LogP contribution in [0, 0.1) is 12.3 Å². The van der Waals surface area contributed by atoms with E-state index >= 15 is 0 Å². The molecule has 0 bridgehead atoms. The van der Waals surface area contributed by atoms with Gasteiger partial charge in [-0.05, 0) is 56.5 Å². The van der Waals surface area contributed by atoms with E-state index < -0.39 is 5.54 Å². The average Bonchev–Trinajstić information content (AvgIpc) is 3.02. The van der Waals surface area contributed by atoms with Gasteiger partial charge in [-0.3, -0.25) is 4.98 Å². The van der Waals surface area contributed by atoms with E-state index in [-0.39, 0.29) is 5.41 Å². The third-order valence-corrected chi connectivity index (χ3v) is 8.42. The van der Waals surface area contributed by atoms with Gasteiger partial charge in [-0.25, -0.2) is 9.97 Å². The molecule has 1 aliphatic heterocycles. The number of halogens is 1. The van der Waals surface area contributed by atoms with Crippen LogP contribution < -0.4 is 16.8 Å². The number of piperidine rings is 1. The van der Waals surface area contributed by atoms with Crippen LogP contribution >= 0.6 is 23.4 Å². The van der Waals surface area contributed by atoms with Gasteiger partial charge in [0.1, 0.15) is 10.8 Å².